The van der Waals surface area contributed by atoms with E-state index in [0.29, 0.717) is 18.4 Å². The first-order valence-corrected chi connectivity index (χ1v) is 7.22. The Bertz CT molecular complexity index is 595. The molecule has 0 spiro atoms. The average Bonchev–Trinajstić information content (AvgIpc) is 3.09. The molecule has 1 fully saturated rings. The van der Waals surface area contributed by atoms with Crippen LogP contribution in [0, 0.1) is 0 Å². The van der Waals surface area contributed by atoms with Crippen molar-refractivity contribution in [2.75, 3.05) is 0 Å². The summed E-state index contributed by atoms with van der Waals surface area (Å²) in [6.45, 7) is 6.98. The molecule has 0 aliphatic heterocycles. The van der Waals surface area contributed by atoms with Gasteiger partial charge in [0.2, 0.25) is 0 Å². The molecule has 20 heavy (non-hydrogen) atoms. The lowest BCUT2D eigenvalue weighted by Crippen LogP contribution is -2.27. The van der Waals surface area contributed by atoms with Gasteiger partial charge in [0.15, 0.2) is 0 Å². The predicted octanol–water partition coefficient (Wildman–Crippen LogP) is 2.76. The van der Waals surface area contributed by atoms with Crippen molar-refractivity contribution >= 4 is 0 Å². The Labute approximate surface area is 120 Å². The van der Waals surface area contributed by atoms with E-state index in [4.69, 9.17) is 5.73 Å². The summed E-state index contributed by atoms with van der Waals surface area (Å²) in [5.41, 5.74) is 7.17. The van der Waals surface area contributed by atoms with Gasteiger partial charge in [-0.15, -0.1) is 10.2 Å². The second kappa shape index (κ2) is 4.70. The van der Waals surface area contributed by atoms with Gasteiger partial charge in [-0.05, 0) is 38.7 Å². The van der Waals surface area contributed by atoms with Gasteiger partial charge in [0.25, 0.3) is 0 Å². The quantitative estimate of drug-likeness (QED) is 0.933. The van der Waals surface area contributed by atoms with Gasteiger partial charge in [0, 0.05) is 11.5 Å². The molecule has 0 bridgehead atoms. The molecular weight excluding hydrogens is 248 g/mol. The first-order chi connectivity index (χ1) is 9.52. The van der Waals surface area contributed by atoms with Crippen LogP contribution in [0.15, 0.2) is 30.3 Å². The van der Waals surface area contributed by atoms with Crippen LogP contribution in [0.4, 0.5) is 0 Å². The minimum Gasteiger partial charge on any atom is -0.324 e. The minimum atomic E-state index is -0.0304. The van der Waals surface area contributed by atoms with Crippen LogP contribution in [-0.4, -0.2) is 14.8 Å². The molecule has 1 heterocycles. The molecule has 2 unspecified atom stereocenters. The number of benzene rings is 1. The van der Waals surface area contributed by atoms with Gasteiger partial charge in [-0.2, -0.15) is 0 Å². The van der Waals surface area contributed by atoms with Crippen molar-refractivity contribution < 1.29 is 0 Å². The van der Waals surface area contributed by atoms with Crippen LogP contribution >= 0.6 is 0 Å². The van der Waals surface area contributed by atoms with Crippen molar-refractivity contribution in [3.63, 3.8) is 0 Å². The van der Waals surface area contributed by atoms with Crippen molar-refractivity contribution in [3.05, 3.63) is 47.5 Å². The van der Waals surface area contributed by atoms with Gasteiger partial charge in [0.1, 0.15) is 11.6 Å². The van der Waals surface area contributed by atoms with Crippen LogP contribution in [-0.2, 0) is 12.1 Å². The van der Waals surface area contributed by atoms with E-state index in [9.17, 15) is 0 Å². The van der Waals surface area contributed by atoms with Crippen LogP contribution < -0.4 is 5.73 Å². The van der Waals surface area contributed by atoms with Gasteiger partial charge in [0.05, 0.1) is 6.54 Å². The van der Waals surface area contributed by atoms with Crippen molar-refractivity contribution in [2.45, 2.75) is 51.1 Å². The maximum atomic E-state index is 5.80. The highest BCUT2D eigenvalue weighted by Gasteiger charge is 2.44. The lowest BCUT2D eigenvalue weighted by atomic mass is 10.1. The van der Waals surface area contributed by atoms with Crippen molar-refractivity contribution in [3.8, 4) is 0 Å². The van der Waals surface area contributed by atoms with E-state index in [1.165, 1.54) is 5.56 Å². The van der Waals surface area contributed by atoms with E-state index < -0.39 is 0 Å². The molecule has 1 aromatic carbocycles. The Hall–Kier alpha value is -1.68. The zero-order valence-corrected chi connectivity index (χ0v) is 12.4. The Morgan fingerprint density at radius 1 is 1.15 bits per heavy atom. The normalized spacial score (nSPS) is 22.0. The molecule has 3 rings (SSSR count). The first kappa shape index (κ1) is 13.3. The van der Waals surface area contributed by atoms with Gasteiger partial charge >= 0.3 is 0 Å². The van der Waals surface area contributed by atoms with Crippen LogP contribution in [0.1, 0.15) is 56.2 Å². The third-order valence-corrected chi connectivity index (χ3v) is 3.96. The van der Waals surface area contributed by atoms with Gasteiger partial charge < -0.3 is 10.3 Å². The van der Waals surface area contributed by atoms with Crippen LogP contribution in [0.3, 0.4) is 0 Å². The molecule has 1 aliphatic rings. The van der Waals surface area contributed by atoms with E-state index in [0.717, 1.165) is 18.1 Å². The number of rotatable bonds is 3. The summed E-state index contributed by atoms with van der Waals surface area (Å²) in [5, 5.41) is 8.70. The monoisotopic (exact) mass is 270 g/mol. The van der Waals surface area contributed by atoms with E-state index in [1.54, 1.807) is 0 Å². The Kier molecular flexibility index (Phi) is 3.13. The fraction of sp³-hybridized carbons (Fsp3) is 0.500. The largest absolute Gasteiger partial charge is 0.324 e. The molecule has 0 amide bonds. The van der Waals surface area contributed by atoms with Gasteiger partial charge in [-0.25, -0.2) is 0 Å². The Morgan fingerprint density at radius 3 is 2.45 bits per heavy atom. The number of nitrogens with two attached hydrogens (primary N) is 1. The maximum Gasteiger partial charge on any atom is 0.147 e. The second-order valence-electron chi connectivity index (χ2n) is 6.54. The molecule has 1 aromatic heterocycles. The molecule has 0 saturated heterocycles. The average molecular weight is 270 g/mol. The lowest BCUT2D eigenvalue weighted by Gasteiger charge is -2.25. The van der Waals surface area contributed by atoms with Gasteiger partial charge in [-0.3, -0.25) is 0 Å². The van der Waals surface area contributed by atoms with Crippen molar-refractivity contribution in [2.24, 2.45) is 5.73 Å². The zero-order chi connectivity index (χ0) is 14.3. The van der Waals surface area contributed by atoms with Gasteiger partial charge in [-0.1, -0.05) is 30.3 Å². The van der Waals surface area contributed by atoms with E-state index >= 15 is 0 Å². The molecule has 4 heteroatoms. The standard InChI is InChI=1S/C16H22N4/c1-16(2,3)20-14(10-17)18-19-15(20)13-9-12(13)11-7-5-4-6-8-11/h4-8,12-13H,9-10,17H2,1-3H3. The molecule has 1 aliphatic carbocycles. The minimum absolute atomic E-state index is 0.0304. The van der Waals surface area contributed by atoms with Crippen molar-refractivity contribution in [1.29, 1.82) is 0 Å². The Morgan fingerprint density at radius 2 is 1.85 bits per heavy atom. The SMILES string of the molecule is CC(C)(C)n1c(CN)nnc1C1CC1c1ccccc1. The summed E-state index contributed by atoms with van der Waals surface area (Å²) in [4.78, 5) is 0. The third kappa shape index (κ3) is 2.24. The van der Waals surface area contributed by atoms with Crippen LogP contribution in [0.25, 0.3) is 0 Å². The molecule has 2 atom stereocenters. The third-order valence-electron chi connectivity index (χ3n) is 3.96. The van der Waals surface area contributed by atoms with E-state index in [2.05, 4.69) is 65.9 Å². The summed E-state index contributed by atoms with van der Waals surface area (Å²) >= 11 is 0. The summed E-state index contributed by atoms with van der Waals surface area (Å²) in [7, 11) is 0. The molecule has 1 saturated carbocycles. The lowest BCUT2D eigenvalue weighted by molar-refractivity contribution is 0.369. The van der Waals surface area contributed by atoms with Crippen molar-refractivity contribution in [1.82, 2.24) is 14.8 Å². The highest BCUT2D eigenvalue weighted by atomic mass is 15.3. The molecule has 106 valence electrons. The maximum absolute atomic E-state index is 5.80. The van der Waals surface area contributed by atoms with Crippen LogP contribution in [0.2, 0.25) is 0 Å². The van der Waals surface area contributed by atoms with Crippen LogP contribution in [0.5, 0.6) is 0 Å². The fourth-order valence-electron chi connectivity index (χ4n) is 2.98. The summed E-state index contributed by atoms with van der Waals surface area (Å²) in [5.74, 6) is 3.02. The highest BCUT2D eigenvalue weighted by molar-refractivity contribution is 5.31. The molecule has 2 aromatic rings. The molecular formula is C16H22N4. The smallest absolute Gasteiger partial charge is 0.147 e. The first-order valence-electron chi connectivity index (χ1n) is 7.22. The summed E-state index contributed by atoms with van der Waals surface area (Å²) in [6, 6.07) is 10.7. The molecule has 0 radical (unpaired) electrons. The van der Waals surface area contributed by atoms with E-state index in [-0.39, 0.29) is 5.54 Å². The number of hydrogen-bond acceptors (Lipinski definition) is 3. The highest BCUT2D eigenvalue weighted by Crippen LogP contribution is 2.54. The summed E-state index contributed by atoms with van der Waals surface area (Å²) < 4.78 is 2.22. The topological polar surface area (TPSA) is 56.7 Å². The second-order valence-corrected chi connectivity index (χ2v) is 6.54. The Balaban J connectivity index is 1.92. The molecule has 2 N–H and O–H groups in total. The summed E-state index contributed by atoms with van der Waals surface area (Å²) in [6.07, 6.45) is 1.16. The number of nitrogens with zero attached hydrogens (tertiary/aromatic N) is 3. The number of hydrogen-bond donors (Lipinski definition) is 1. The number of aromatic nitrogens is 3. The molecule has 4 nitrogen and oxygen atoms in total. The fourth-order valence-corrected chi connectivity index (χ4v) is 2.98. The predicted molar refractivity (Wildman–Crippen MR) is 79.5 cm³/mol. The van der Waals surface area contributed by atoms with E-state index in [1.807, 2.05) is 0 Å². The zero-order valence-electron chi connectivity index (χ0n) is 12.4.